The number of benzene rings is 2. The van der Waals surface area contributed by atoms with Gasteiger partial charge in [-0.15, -0.1) is 0 Å². The number of rotatable bonds is 6. The highest BCUT2D eigenvalue weighted by Gasteiger charge is 2.27. The van der Waals surface area contributed by atoms with E-state index < -0.39 is 17.1 Å². The van der Waals surface area contributed by atoms with E-state index in [0.717, 1.165) is 31.5 Å². The van der Waals surface area contributed by atoms with Crippen molar-refractivity contribution in [3.63, 3.8) is 0 Å². The van der Waals surface area contributed by atoms with Crippen LogP contribution in [0.3, 0.4) is 0 Å². The summed E-state index contributed by atoms with van der Waals surface area (Å²) in [5.41, 5.74) is 2.70. The molecule has 32 heavy (non-hydrogen) atoms. The number of fused-ring (bicyclic) bond motifs is 1. The number of nitrogens with one attached hydrogen (secondary N) is 2. The minimum absolute atomic E-state index is 0.0995. The van der Waals surface area contributed by atoms with Crippen LogP contribution >= 0.6 is 0 Å². The number of halogens is 1. The number of hydrogen-bond donors (Lipinski definition) is 2. The summed E-state index contributed by atoms with van der Waals surface area (Å²) in [6.45, 7) is 3.68. The molecule has 2 unspecified atom stereocenters. The maximum atomic E-state index is 13.5. The zero-order valence-electron chi connectivity index (χ0n) is 17.9. The van der Waals surface area contributed by atoms with E-state index in [2.05, 4.69) is 10.6 Å². The molecule has 0 saturated carbocycles. The monoisotopic (exact) mass is 458 g/mol. The molecule has 1 fully saturated rings. The third-order valence-corrected chi connectivity index (χ3v) is 6.69. The van der Waals surface area contributed by atoms with Crippen LogP contribution in [0.25, 0.3) is 22.3 Å². The molecule has 4 rings (SSSR count). The summed E-state index contributed by atoms with van der Waals surface area (Å²) in [5.74, 6) is -0.307. The van der Waals surface area contributed by atoms with Crippen molar-refractivity contribution >= 4 is 33.8 Å². The zero-order chi connectivity index (χ0) is 22.8. The average Bonchev–Trinajstić information content (AvgIpc) is 3.17. The van der Waals surface area contributed by atoms with Crippen molar-refractivity contribution in [2.45, 2.75) is 25.7 Å². The molecule has 170 valence electrons. The molecule has 1 saturated heterocycles. The number of carbonyl (C=O) groups excluding carboxylic acids is 1. The SMILES string of the molecule is CCN(c1cc2oc(-c3ccc(F)cc3)c(C(=O)NC)c2cc1C1CCCNC1)S(=O)[O-]. The number of hydrogen-bond acceptors (Lipinski definition) is 5. The van der Waals surface area contributed by atoms with Crippen LogP contribution in [-0.4, -0.2) is 41.4 Å². The number of carbonyl (C=O) groups is 1. The first-order valence-corrected chi connectivity index (χ1v) is 11.6. The normalized spacial score (nSPS) is 17.3. The Balaban J connectivity index is 1.99. The van der Waals surface area contributed by atoms with Crippen LogP contribution in [0.15, 0.2) is 40.8 Å². The van der Waals surface area contributed by atoms with Gasteiger partial charge in [0, 0.05) is 48.4 Å². The summed E-state index contributed by atoms with van der Waals surface area (Å²) in [6, 6.07) is 9.28. The van der Waals surface area contributed by atoms with Gasteiger partial charge in [-0.25, -0.2) is 4.39 Å². The van der Waals surface area contributed by atoms with E-state index in [-0.39, 0.29) is 18.4 Å². The minimum Gasteiger partial charge on any atom is -0.755 e. The van der Waals surface area contributed by atoms with Gasteiger partial charge in [-0.3, -0.25) is 9.00 Å². The van der Waals surface area contributed by atoms with Crippen LogP contribution in [0.5, 0.6) is 0 Å². The van der Waals surface area contributed by atoms with Gasteiger partial charge in [-0.2, -0.15) is 0 Å². The van der Waals surface area contributed by atoms with Gasteiger partial charge in [-0.05, 0) is 68.1 Å². The Morgan fingerprint density at radius 1 is 1.34 bits per heavy atom. The molecule has 1 aliphatic heterocycles. The van der Waals surface area contributed by atoms with Gasteiger partial charge in [0.2, 0.25) is 0 Å². The molecule has 3 aromatic rings. The molecule has 2 N–H and O–H groups in total. The predicted molar refractivity (Wildman–Crippen MR) is 122 cm³/mol. The van der Waals surface area contributed by atoms with Crippen molar-refractivity contribution in [2.24, 2.45) is 0 Å². The Labute approximate surface area is 188 Å². The molecule has 0 radical (unpaired) electrons. The lowest BCUT2D eigenvalue weighted by atomic mass is 9.89. The molecular weight excluding hydrogens is 433 g/mol. The molecule has 1 aliphatic rings. The third kappa shape index (κ3) is 4.15. The van der Waals surface area contributed by atoms with Crippen molar-refractivity contribution in [1.29, 1.82) is 0 Å². The highest BCUT2D eigenvalue weighted by molar-refractivity contribution is 7.80. The topological polar surface area (TPSA) is 97.6 Å². The second kappa shape index (κ2) is 9.40. The lowest BCUT2D eigenvalue weighted by molar-refractivity contribution is 0.0964. The second-order valence-electron chi connectivity index (χ2n) is 7.75. The highest BCUT2D eigenvalue weighted by atomic mass is 32.2. The molecule has 2 heterocycles. The van der Waals surface area contributed by atoms with E-state index in [9.17, 15) is 17.9 Å². The zero-order valence-corrected chi connectivity index (χ0v) is 18.8. The number of nitrogens with zero attached hydrogens (tertiary/aromatic N) is 1. The Morgan fingerprint density at radius 3 is 2.69 bits per heavy atom. The van der Waals surface area contributed by atoms with Crippen molar-refractivity contribution in [1.82, 2.24) is 10.6 Å². The number of anilines is 1. The summed E-state index contributed by atoms with van der Waals surface area (Å²) < 4.78 is 44.8. The number of furan rings is 1. The van der Waals surface area contributed by atoms with E-state index in [1.54, 1.807) is 25.1 Å². The van der Waals surface area contributed by atoms with Crippen molar-refractivity contribution in [2.75, 3.05) is 31.0 Å². The summed E-state index contributed by atoms with van der Waals surface area (Å²) in [4.78, 5) is 12.9. The first-order valence-electron chi connectivity index (χ1n) is 10.6. The van der Waals surface area contributed by atoms with Crippen LogP contribution in [0, 0.1) is 5.82 Å². The molecule has 7 nitrogen and oxygen atoms in total. The molecule has 9 heteroatoms. The fraction of sp³-hybridized carbons (Fsp3) is 0.348. The Morgan fingerprint density at radius 2 is 2.09 bits per heavy atom. The first kappa shape index (κ1) is 22.4. The molecule has 0 aliphatic carbocycles. The van der Waals surface area contributed by atoms with Crippen LogP contribution in [0.4, 0.5) is 10.1 Å². The van der Waals surface area contributed by atoms with Gasteiger partial charge in [0.05, 0.1) is 11.3 Å². The van der Waals surface area contributed by atoms with Gasteiger partial charge in [0.25, 0.3) is 5.91 Å². The number of piperidine rings is 1. The second-order valence-corrected chi connectivity index (χ2v) is 8.63. The van der Waals surface area contributed by atoms with Crippen molar-refractivity contribution in [3.8, 4) is 11.3 Å². The van der Waals surface area contributed by atoms with E-state index in [1.165, 1.54) is 23.5 Å². The summed E-state index contributed by atoms with van der Waals surface area (Å²) in [6.07, 6.45) is 1.88. The molecule has 1 aromatic heterocycles. The molecule has 0 spiro atoms. The van der Waals surface area contributed by atoms with Gasteiger partial charge in [0.1, 0.15) is 17.2 Å². The average molecular weight is 459 g/mol. The molecular formula is C23H25FN3O4S-. The molecule has 2 aromatic carbocycles. The van der Waals surface area contributed by atoms with Gasteiger partial charge in [0.15, 0.2) is 0 Å². The van der Waals surface area contributed by atoms with Gasteiger partial charge in [-0.1, -0.05) is 0 Å². The predicted octanol–water partition coefficient (Wildman–Crippen LogP) is 3.69. The lowest BCUT2D eigenvalue weighted by Gasteiger charge is -2.31. The minimum atomic E-state index is -2.46. The van der Waals surface area contributed by atoms with Crippen LogP contribution in [0.2, 0.25) is 0 Å². The van der Waals surface area contributed by atoms with Crippen molar-refractivity contribution in [3.05, 3.63) is 53.3 Å². The molecule has 1 amide bonds. The maximum absolute atomic E-state index is 13.5. The maximum Gasteiger partial charge on any atom is 0.255 e. The van der Waals surface area contributed by atoms with E-state index >= 15 is 0 Å². The Kier molecular flexibility index (Phi) is 6.59. The fourth-order valence-electron chi connectivity index (χ4n) is 4.32. The third-order valence-electron chi connectivity index (χ3n) is 5.87. The van der Waals surface area contributed by atoms with E-state index in [1.807, 2.05) is 6.07 Å². The highest BCUT2D eigenvalue weighted by Crippen LogP contribution is 2.41. The number of amides is 1. The Bertz CT molecular complexity index is 1160. The van der Waals surface area contributed by atoms with Crippen LogP contribution in [0.1, 0.15) is 41.6 Å². The van der Waals surface area contributed by atoms with E-state index in [0.29, 0.717) is 33.5 Å². The summed E-state index contributed by atoms with van der Waals surface area (Å²) in [7, 11) is 1.54. The van der Waals surface area contributed by atoms with Crippen LogP contribution in [-0.2, 0) is 11.3 Å². The van der Waals surface area contributed by atoms with E-state index in [4.69, 9.17) is 4.42 Å². The standard InChI is InChI=1S/C23H26FN3O4S/c1-3-27(32(29)30)19-12-20-18(11-17(19)15-5-4-10-26-13-15)21(23(28)25-2)22(31-20)14-6-8-16(24)9-7-14/h6-9,11-12,15,26H,3-5,10,13H2,1-2H3,(H,25,28)(H,29,30)/p-1. The lowest BCUT2D eigenvalue weighted by Crippen LogP contribution is -2.31. The van der Waals surface area contributed by atoms with Gasteiger partial charge >= 0.3 is 0 Å². The quantitative estimate of drug-likeness (QED) is 0.549. The largest absolute Gasteiger partial charge is 0.755 e. The Hall–Kier alpha value is -2.75. The molecule has 0 bridgehead atoms. The van der Waals surface area contributed by atoms with Gasteiger partial charge < -0.3 is 23.9 Å². The summed E-state index contributed by atoms with van der Waals surface area (Å²) >= 11 is -2.46. The van der Waals surface area contributed by atoms with Crippen LogP contribution < -0.4 is 14.9 Å². The first-order chi connectivity index (χ1) is 15.4. The summed E-state index contributed by atoms with van der Waals surface area (Å²) in [5, 5.41) is 6.62. The van der Waals surface area contributed by atoms with Crippen molar-refractivity contribution < 1.29 is 22.4 Å². The smallest absolute Gasteiger partial charge is 0.255 e. The fourth-order valence-corrected chi connectivity index (χ4v) is 4.85. The molecule has 2 atom stereocenters.